The third-order valence-corrected chi connectivity index (χ3v) is 5.65. The predicted molar refractivity (Wildman–Crippen MR) is 103 cm³/mol. The number of carbonyl (C=O) groups excluding carboxylic acids is 1. The summed E-state index contributed by atoms with van der Waals surface area (Å²) in [6.07, 6.45) is 4.62. The molecule has 0 aromatic heterocycles. The summed E-state index contributed by atoms with van der Waals surface area (Å²) in [6, 6.07) is 8.00. The van der Waals surface area contributed by atoms with Crippen LogP contribution in [0.1, 0.15) is 46.5 Å². The van der Waals surface area contributed by atoms with E-state index in [0.29, 0.717) is 11.8 Å². The number of likely N-dealkylation sites (tertiary alicyclic amines) is 1. The molecular weight excluding hydrogens is 342 g/mol. The summed E-state index contributed by atoms with van der Waals surface area (Å²) in [5.41, 5.74) is -0.437. The minimum atomic E-state index is -0.437. The van der Waals surface area contributed by atoms with E-state index >= 15 is 0 Å². The molecule has 1 aliphatic heterocycles. The average Bonchev–Trinajstić information content (AvgIpc) is 3.21. The zero-order valence-corrected chi connectivity index (χ0v) is 16.6. The molecule has 0 spiro atoms. The van der Waals surface area contributed by atoms with Gasteiger partial charge in [-0.3, -0.25) is 0 Å². The first kappa shape index (κ1) is 18.5. The van der Waals surface area contributed by atoms with Crippen molar-refractivity contribution in [1.29, 1.82) is 0 Å². The molecule has 5 heteroatoms. The van der Waals surface area contributed by atoms with Gasteiger partial charge in [0, 0.05) is 19.2 Å². The van der Waals surface area contributed by atoms with Crippen molar-refractivity contribution < 1.29 is 19.0 Å². The smallest absolute Gasteiger partial charge is 0.410 e. The van der Waals surface area contributed by atoms with Gasteiger partial charge in [0.05, 0.1) is 12.7 Å². The second-order valence-corrected chi connectivity index (χ2v) is 9.35. The van der Waals surface area contributed by atoms with Crippen LogP contribution in [0.25, 0.3) is 0 Å². The molecule has 4 rings (SSSR count). The normalized spacial score (nSPS) is 27.4. The lowest BCUT2D eigenvalue weighted by Gasteiger charge is -2.25. The highest BCUT2D eigenvalue weighted by Crippen LogP contribution is 2.40. The van der Waals surface area contributed by atoms with Gasteiger partial charge in [-0.05, 0) is 76.3 Å². The Balaban J connectivity index is 1.27. The Labute approximate surface area is 162 Å². The van der Waals surface area contributed by atoms with Gasteiger partial charge in [0.25, 0.3) is 0 Å². The first-order chi connectivity index (χ1) is 12.9. The molecule has 5 nitrogen and oxygen atoms in total. The lowest BCUT2D eigenvalue weighted by atomic mass is 10.0. The quantitative estimate of drug-likeness (QED) is 0.762. The topological polar surface area (TPSA) is 48.0 Å². The monoisotopic (exact) mass is 373 g/mol. The van der Waals surface area contributed by atoms with Crippen molar-refractivity contribution in [2.75, 3.05) is 19.7 Å². The maximum Gasteiger partial charge on any atom is 0.410 e. The van der Waals surface area contributed by atoms with Crippen LogP contribution in [-0.4, -0.2) is 42.4 Å². The number of hydrogen-bond donors (Lipinski definition) is 0. The fraction of sp³-hybridized carbons (Fsp3) is 0.682. The Hall–Kier alpha value is -1.91. The molecule has 0 radical (unpaired) electrons. The van der Waals surface area contributed by atoms with Gasteiger partial charge < -0.3 is 19.1 Å². The maximum absolute atomic E-state index is 12.3. The van der Waals surface area contributed by atoms with Gasteiger partial charge in [0.15, 0.2) is 0 Å². The summed E-state index contributed by atoms with van der Waals surface area (Å²) >= 11 is 0. The highest BCUT2D eigenvalue weighted by atomic mass is 16.6. The molecule has 1 aromatic rings. The van der Waals surface area contributed by atoms with Gasteiger partial charge in [0.2, 0.25) is 0 Å². The van der Waals surface area contributed by atoms with Gasteiger partial charge in [-0.2, -0.15) is 0 Å². The summed E-state index contributed by atoms with van der Waals surface area (Å²) < 4.78 is 17.6. The lowest BCUT2D eigenvalue weighted by molar-refractivity contribution is 0.0272. The number of amides is 1. The van der Waals surface area contributed by atoms with Crippen molar-refractivity contribution >= 4 is 6.09 Å². The van der Waals surface area contributed by atoms with E-state index in [2.05, 4.69) is 0 Å². The first-order valence-corrected chi connectivity index (χ1v) is 10.2. The second-order valence-electron chi connectivity index (χ2n) is 9.35. The maximum atomic E-state index is 12.3. The number of rotatable bonds is 5. The van der Waals surface area contributed by atoms with E-state index in [1.165, 1.54) is 12.8 Å². The number of fused-ring (bicyclic) bond motifs is 1. The number of nitrogens with zero attached hydrogens (tertiary/aromatic N) is 1. The van der Waals surface area contributed by atoms with E-state index in [1.807, 2.05) is 49.9 Å². The molecule has 27 heavy (non-hydrogen) atoms. The van der Waals surface area contributed by atoms with Gasteiger partial charge in [-0.25, -0.2) is 4.79 Å². The van der Waals surface area contributed by atoms with E-state index in [0.717, 1.165) is 50.0 Å². The SMILES string of the molecule is CC(C)(C)OC(=O)N1CC2CC(Oc3cccc(OCC4CC4)c3)CC2C1. The number of carbonyl (C=O) groups is 1. The molecule has 1 amide bonds. The molecule has 1 heterocycles. The third kappa shape index (κ3) is 4.88. The van der Waals surface area contributed by atoms with Gasteiger partial charge in [0.1, 0.15) is 17.1 Å². The van der Waals surface area contributed by atoms with E-state index in [-0.39, 0.29) is 12.2 Å². The Kier molecular flexibility index (Phi) is 4.95. The standard InChI is InChI=1S/C22H31NO4/c1-22(2,3)27-21(24)23-12-16-9-20(10-17(16)13-23)26-19-6-4-5-18(11-19)25-14-15-7-8-15/h4-6,11,15-17,20H,7-10,12-14H2,1-3H3. The van der Waals surface area contributed by atoms with Crippen LogP contribution in [0.15, 0.2) is 24.3 Å². The molecule has 2 unspecified atom stereocenters. The van der Waals surface area contributed by atoms with Crippen molar-refractivity contribution in [2.24, 2.45) is 17.8 Å². The van der Waals surface area contributed by atoms with Crippen LogP contribution in [0.4, 0.5) is 4.79 Å². The Morgan fingerprint density at radius 2 is 1.78 bits per heavy atom. The Morgan fingerprint density at radius 1 is 1.11 bits per heavy atom. The molecule has 1 saturated heterocycles. The van der Waals surface area contributed by atoms with Crippen molar-refractivity contribution in [3.63, 3.8) is 0 Å². The molecule has 1 aromatic carbocycles. The largest absolute Gasteiger partial charge is 0.493 e. The lowest BCUT2D eigenvalue weighted by Crippen LogP contribution is -2.36. The fourth-order valence-corrected chi connectivity index (χ4v) is 4.14. The Morgan fingerprint density at radius 3 is 2.41 bits per heavy atom. The van der Waals surface area contributed by atoms with Crippen molar-refractivity contribution in [1.82, 2.24) is 4.90 Å². The van der Waals surface area contributed by atoms with Crippen LogP contribution < -0.4 is 9.47 Å². The van der Waals surface area contributed by atoms with Crippen LogP contribution in [0, 0.1) is 17.8 Å². The molecule has 148 valence electrons. The molecule has 2 atom stereocenters. The zero-order chi connectivity index (χ0) is 19.0. The van der Waals surface area contributed by atoms with Crippen LogP contribution in [0.5, 0.6) is 11.5 Å². The van der Waals surface area contributed by atoms with Crippen LogP contribution in [-0.2, 0) is 4.74 Å². The van der Waals surface area contributed by atoms with Crippen LogP contribution in [0.2, 0.25) is 0 Å². The second kappa shape index (κ2) is 7.25. The van der Waals surface area contributed by atoms with Crippen LogP contribution in [0.3, 0.4) is 0 Å². The van der Waals surface area contributed by atoms with Gasteiger partial charge in [-0.1, -0.05) is 6.07 Å². The zero-order valence-electron chi connectivity index (χ0n) is 16.6. The molecule has 3 aliphatic rings. The summed E-state index contributed by atoms with van der Waals surface area (Å²) in [6.45, 7) is 8.11. The van der Waals surface area contributed by atoms with Gasteiger partial charge in [-0.15, -0.1) is 0 Å². The highest BCUT2D eigenvalue weighted by molar-refractivity contribution is 5.68. The van der Waals surface area contributed by atoms with E-state index in [1.54, 1.807) is 0 Å². The van der Waals surface area contributed by atoms with E-state index in [4.69, 9.17) is 14.2 Å². The molecular formula is C22H31NO4. The molecule has 3 fully saturated rings. The van der Waals surface area contributed by atoms with Crippen molar-refractivity contribution in [3.05, 3.63) is 24.3 Å². The van der Waals surface area contributed by atoms with E-state index < -0.39 is 5.60 Å². The number of ether oxygens (including phenoxy) is 3. The summed E-state index contributed by atoms with van der Waals surface area (Å²) in [5, 5.41) is 0. The summed E-state index contributed by atoms with van der Waals surface area (Å²) in [5.74, 6) is 3.55. The van der Waals surface area contributed by atoms with Crippen molar-refractivity contribution in [2.45, 2.75) is 58.2 Å². The molecule has 0 bridgehead atoms. The predicted octanol–water partition coefficient (Wildman–Crippen LogP) is 4.50. The summed E-state index contributed by atoms with van der Waals surface area (Å²) in [4.78, 5) is 14.1. The van der Waals surface area contributed by atoms with Crippen LogP contribution >= 0.6 is 0 Å². The summed E-state index contributed by atoms with van der Waals surface area (Å²) in [7, 11) is 0. The minimum absolute atomic E-state index is 0.185. The minimum Gasteiger partial charge on any atom is -0.493 e. The number of hydrogen-bond acceptors (Lipinski definition) is 4. The highest BCUT2D eigenvalue weighted by Gasteiger charge is 2.44. The third-order valence-electron chi connectivity index (χ3n) is 5.65. The first-order valence-electron chi connectivity index (χ1n) is 10.2. The fourth-order valence-electron chi connectivity index (χ4n) is 4.14. The molecule has 0 N–H and O–H groups in total. The average molecular weight is 373 g/mol. The van der Waals surface area contributed by atoms with Gasteiger partial charge >= 0.3 is 6.09 Å². The molecule has 2 saturated carbocycles. The number of benzene rings is 1. The van der Waals surface area contributed by atoms with Crippen molar-refractivity contribution in [3.8, 4) is 11.5 Å². The molecule has 2 aliphatic carbocycles. The Bertz CT molecular complexity index is 665. The van der Waals surface area contributed by atoms with E-state index in [9.17, 15) is 4.79 Å².